The molecule has 0 saturated heterocycles. The van der Waals surface area contributed by atoms with Crippen molar-refractivity contribution in [3.05, 3.63) is 23.0 Å². The summed E-state index contributed by atoms with van der Waals surface area (Å²) in [5.41, 5.74) is 1.11. The van der Waals surface area contributed by atoms with E-state index < -0.39 is 10.8 Å². The first-order valence-electron chi connectivity index (χ1n) is 7.83. The highest BCUT2D eigenvalue weighted by Gasteiger charge is 2.18. The van der Waals surface area contributed by atoms with Gasteiger partial charge in [-0.1, -0.05) is 11.6 Å². The lowest BCUT2D eigenvalue weighted by Gasteiger charge is -2.22. The van der Waals surface area contributed by atoms with Gasteiger partial charge in [0.2, 0.25) is 0 Å². The summed E-state index contributed by atoms with van der Waals surface area (Å²) in [5, 5.41) is 4.01. The zero-order valence-corrected chi connectivity index (χ0v) is 16.6. The van der Waals surface area contributed by atoms with Gasteiger partial charge in [-0.3, -0.25) is 9.20 Å². The van der Waals surface area contributed by atoms with Crippen LogP contribution in [0.3, 0.4) is 0 Å². The van der Waals surface area contributed by atoms with Crippen LogP contribution in [-0.2, 0) is 24.4 Å². The van der Waals surface area contributed by atoms with Gasteiger partial charge in [-0.05, 0) is 33.8 Å². The van der Waals surface area contributed by atoms with Gasteiger partial charge >= 0.3 is 0 Å². The van der Waals surface area contributed by atoms with E-state index in [1.165, 1.54) is 0 Å². The maximum Gasteiger partial charge on any atom is 0.194 e. The molecular weight excluding hydrogens is 332 g/mol. The van der Waals surface area contributed by atoms with Crippen molar-refractivity contribution in [3.8, 4) is 0 Å². The highest BCUT2D eigenvalue weighted by molar-refractivity contribution is 7.86. The van der Waals surface area contributed by atoms with Crippen LogP contribution in [0.4, 0.5) is 0 Å². The van der Waals surface area contributed by atoms with Crippen LogP contribution in [0.5, 0.6) is 0 Å². The molecule has 132 valence electrons. The summed E-state index contributed by atoms with van der Waals surface area (Å²) < 4.78 is 13.9. The molecule has 1 heterocycles. The zero-order valence-electron chi connectivity index (χ0n) is 15.0. The molecule has 0 bridgehead atoms. The first-order valence-corrected chi connectivity index (χ1v) is 9.53. The Morgan fingerprint density at radius 1 is 1.48 bits per heavy atom. The molecule has 0 aliphatic heterocycles. The first-order chi connectivity index (χ1) is 10.6. The molecule has 0 saturated carbocycles. The number of hydrogen-bond donors (Lipinski definition) is 1. The molecule has 0 radical (unpaired) electrons. The lowest BCUT2D eigenvalue weighted by Crippen LogP contribution is -2.39. The molecule has 0 amide bonds. The van der Waals surface area contributed by atoms with E-state index in [1.807, 2.05) is 58.6 Å². The minimum atomic E-state index is -0.884. The van der Waals surface area contributed by atoms with Crippen molar-refractivity contribution in [1.82, 2.24) is 14.8 Å². The first kappa shape index (κ1) is 20.0. The minimum Gasteiger partial charge on any atom is -0.357 e. The van der Waals surface area contributed by atoms with Crippen molar-refractivity contribution in [2.45, 2.75) is 39.0 Å². The summed E-state index contributed by atoms with van der Waals surface area (Å²) in [6.07, 6.45) is 1.89. The fourth-order valence-corrected chi connectivity index (χ4v) is 3.19. The number of nitrogens with one attached hydrogen (secondary N) is 1. The third kappa shape index (κ3) is 6.55. The third-order valence-electron chi connectivity index (χ3n) is 3.39. The second kappa shape index (κ2) is 8.73. The van der Waals surface area contributed by atoms with Crippen LogP contribution in [0.15, 0.2) is 17.3 Å². The molecule has 0 aromatic carbocycles. The molecule has 1 aromatic heterocycles. The van der Waals surface area contributed by atoms with Crippen LogP contribution in [0.1, 0.15) is 33.4 Å². The van der Waals surface area contributed by atoms with Crippen molar-refractivity contribution in [3.63, 3.8) is 0 Å². The van der Waals surface area contributed by atoms with Crippen molar-refractivity contribution >= 4 is 28.4 Å². The molecular formula is C16H29ClN4OS. The topological polar surface area (TPSA) is 49.6 Å². The maximum atomic E-state index is 12.1. The molecule has 7 heteroatoms. The molecule has 0 aliphatic carbocycles. The summed E-state index contributed by atoms with van der Waals surface area (Å²) in [6, 6.07) is 1.95. The molecule has 5 nitrogen and oxygen atoms in total. The van der Waals surface area contributed by atoms with Crippen LogP contribution in [0.25, 0.3) is 0 Å². The number of aliphatic imine (C=N–C) groups is 1. The van der Waals surface area contributed by atoms with Crippen molar-refractivity contribution in [2.75, 3.05) is 25.9 Å². The number of aryl methyl sites for hydroxylation is 1. The van der Waals surface area contributed by atoms with Crippen molar-refractivity contribution in [1.29, 1.82) is 0 Å². The molecule has 1 rings (SSSR count). The second-order valence-corrected chi connectivity index (χ2v) is 9.27. The SMILES string of the molecule is CCNC(=NCCS(=O)C(C)(C)C)N(C)Cc1cc(Cl)cn1C. The zero-order chi connectivity index (χ0) is 17.6. The average Bonchev–Trinajstić information content (AvgIpc) is 2.74. The van der Waals surface area contributed by atoms with Gasteiger partial charge in [0.1, 0.15) is 0 Å². The number of hydrogen-bond acceptors (Lipinski definition) is 2. The Kier molecular flexibility index (Phi) is 7.61. The molecule has 23 heavy (non-hydrogen) atoms. The van der Waals surface area contributed by atoms with Gasteiger partial charge in [0.25, 0.3) is 0 Å². The van der Waals surface area contributed by atoms with Gasteiger partial charge in [0.15, 0.2) is 5.96 Å². The normalized spacial score (nSPS) is 14.0. The van der Waals surface area contributed by atoms with Crippen molar-refractivity contribution in [2.24, 2.45) is 12.0 Å². The third-order valence-corrected chi connectivity index (χ3v) is 5.52. The predicted octanol–water partition coefficient (Wildman–Crippen LogP) is 2.62. The average molecular weight is 361 g/mol. The number of rotatable bonds is 6. The molecule has 0 aliphatic rings. The summed E-state index contributed by atoms with van der Waals surface area (Å²) in [7, 11) is 3.08. The lowest BCUT2D eigenvalue weighted by atomic mass is 10.3. The Hall–Kier alpha value is -1.01. The Bertz CT molecular complexity index is 563. The van der Waals surface area contributed by atoms with Crippen LogP contribution < -0.4 is 5.32 Å². The maximum absolute atomic E-state index is 12.1. The highest BCUT2D eigenvalue weighted by Crippen LogP contribution is 2.14. The Morgan fingerprint density at radius 3 is 2.61 bits per heavy atom. The molecule has 0 fully saturated rings. The van der Waals surface area contributed by atoms with Crippen LogP contribution >= 0.6 is 11.6 Å². The predicted molar refractivity (Wildman–Crippen MR) is 101 cm³/mol. The minimum absolute atomic E-state index is 0.195. The van der Waals surface area contributed by atoms with E-state index in [-0.39, 0.29) is 4.75 Å². The van der Waals surface area contributed by atoms with Gasteiger partial charge in [-0.25, -0.2) is 0 Å². The van der Waals surface area contributed by atoms with E-state index in [0.717, 1.165) is 23.2 Å². The number of guanidine groups is 1. The molecule has 1 N–H and O–H groups in total. The largest absolute Gasteiger partial charge is 0.357 e. The Balaban J connectivity index is 2.70. The van der Waals surface area contributed by atoms with Crippen molar-refractivity contribution < 1.29 is 4.21 Å². The molecule has 1 aromatic rings. The van der Waals surface area contributed by atoms with Crippen LogP contribution in [-0.4, -0.2) is 50.3 Å². The Labute approximate surface area is 147 Å². The van der Waals surface area contributed by atoms with Gasteiger partial charge in [0, 0.05) is 53.8 Å². The highest BCUT2D eigenvalue weighted by atomic mass is 35.5. The monoisotopic (exact) mass is 360 g/mol. The van der Waals surface area contributed by atoms with Crippen LogP contribution in [0, 0.1) is 0 Å². The fraction of sp³-hybridized carbons (Fsp3) is 0.688. The van der Waals surface area contributed by atoms with Gasteiger partial charge in [-0.15, -0.1) is 0 Å². The van der Waals surface area contributed by atoms with Gasteiger partial charge in [0.05, 0.1) is 18.1 Å². The van der Waals surface area contributed by atoms with E-state index in [1.54, 1.807) is 0 Å². The summed E-state index contributed by atoms with van der Waals surface area (Å²) in [5.74, 6) is 1.39. The standard InChI is InChI=1S/C16H29ClN4OS/c1-7-18-15(19-8-9-23(22)16(2,3)4)21(6)12-14-10-13(17)11-20(14)5/h10-11H,7-9,12H2,1-6H3,(H,18,19). The van der Waals surface area contributed by atoms with E-state index >= 15 is 0 Å². The summed E-state index contributed by atoms with van der Waals surface area (Å²) in [4.78, 5) is 6.65. The molecule has 1 atom stereocenters. The number of aromatic nitrogens is 1. The van der Waals surface area contributed by atoms with E-state index in [0.29, 0.717) is 18.8 Å². The summed E-state index contributed by atoms with van der Waals surface area (Å²) >= 11 is 6.03. The van der Waals surface area contributed by atoms with Gasteiger partial charge < -0.3 is 14.8 Å². The smallest absolute Gasteiger partial charge is 0.194 e. The second-order valence-electron chi connectivity index (χ2n) is 6.51. The molecule has 0 spiro atoms. The van der Waals surface area contributed by atoms with E-state index in [9.17, 15) is 4.21 Å². The van der Waals surface area contributed by atoms with E-state index in [2.05, 4.69) is 15.2 Å². The molecule has 1 unspecified atom stereocenters. The van der Waals surface area contributed by atoms with E-state index in [4.69, 9.17) is 11.6 Å². The lowest BCUT2D eigenvalue weighted by molar-refractivity contribution is 0.462. The fourth-order valence-electron chi connectivity index (χ4n) is 2.05. The number of halogens is 1. The van der Waals surface area contributed by atoms with Crippen LogP contribution in [0.2, 0.25) is 5.02 Å². The summed E-state index contributed by atoms with van der Waals surface area (Å²) in [6.45, 7) is 10.0. The Morgan fingerprint density at radius 2 is 2.13 bits per heavy atom. The van der Waals surface area contributed by atoms with Gasteiger partial charge in [-0.2, -0.15) is 0 Å². The quantitative estimate of drug-likeness (QED) is 0.626. The number of nitrogens with zero attached hydrogens (tertiary/aromatic N) is 3.